The predicted octanol–water partition coefficient (Wildman–Crippen LogP) is 2.41. The van der Waals surface area contributed by atoms with Crippen molar-refractivity contribution in [1.29, 1.82) is 0 Å². The zero-order chi connectivity index (χ0) is 13.0. The summed E-state index contributed by atoms with van der Waals surface area (Å²) in [7, 11) is 0. The SMILES string of the molecule is CC(C)C(=O)NNC(=O)c1ccc(Cl)cc1Cl. The van der Waals surface area contributed by atoms with E-state index in [1.807, 2.05) is 0 Å². The van der Waals surface area contributed by atoms with Gasteiger partial charge in [-0.25, -0.2) is 0 Å². The highest BCUT2D eigenvalue weighted by atomic mass is 35.5. The lowest BCUT2D eigenvalue weighted by Gasteiger charge is -2.10. The molecule has 0 heterocycles. The minimum absolute atomic E-state index is 0.212. The monoisotopic (exact) mass is 274 g/mol. The van der Waals surface area contributed by atoms with Crippen LogP contribution in [-0.2, 0) is 4.79 Å². The Hall–Kier alpha value is -1.26. The van der Waals surface area contributed by atoms with E-state index < -0.39 is 5.91 Å². The highest BCUT2D eigenvalue weighted by Gasteiger charge is 2.12. The van der Waals surface area contributed by atoms with Crippen LogP contribution in [0.1, 0.15) is 24.2 Å². The second-order valence-corrected chi connectivity index (χ2v) is 4.57. The smallest absolute Gasteiger partial charge is 0.271 e. The van der Waals surface area contributed by atoms with E-state index in [2.05, 4.69) is 10.9 Å². The van der Waals surface area contributed by atoms with E-state index in [1.165, 1.54) is 12.1 Å². The number of rotatable bonds is 2. The Morgan fingerprint density at radius 1 is 1.18 bits per heavy atom. The van der Waals surface area contributed by atoms with Crippen LogP contribution in [0.2, 0.25) is 10.0 Å². The van der Waals surface area contributed by atoms with E-state index >= 15 is 0 Å². The van der Waals surface area contributed by atoms with Gasteiger partial charge >= 0.3 is 0 Å². The average Bonchev–Trinajstić information content (AvgIpc) is 2.25. The predicted molar refractivity (Wildman–Crippen MR) is 66.9 cm³/mol. The molecule has 2 amide bonds. The van der Waals surface area contributed by atoms with E-state index in [4.69, 9.17) is 23.2 Å². The summed E-state index contributed by atoms with van der Waals surface area (Å²) in [6.07, 6.45) is 0. The summed E-state index contributed by atoms with van der Waals surface area (Å²) in [5, 5.41) is 0.673. The van der Waals surface area contributed by atoms with E-state index in [9.17, 15) is 9.59 Å². The Labute approximate surface area is 109 Å². The molecule has 0 bridgehead atoms. The Bertz CT molecular complexity index is 447. The van der Waals surface area contributed by atoms with Gasteiger partial charge in [0.2, 0.25) is 5.91 Å². The molecule has 1 rings (SSSR count). The minimum atomic E-state index is -0.485. The van der Waals surface area contributed by atoms with Crippen molar-refractivity contribution in [1.82, 2.24) is 10.9 Å². The molecule has 0 unspecified atom stereocenters. The third-order valence-corrected chi connectivity index (χ3v) is 2.55. The molecule has 1 aromatic rings. The number of carbonyl (C=O) groups is 2. The lowest BCUT2D eigenvalue weighted by atomic mass is 10.2. The van der Waals surface area contributed by atoms with Gasteiger partial charge in [0, 0.05) is 10.9 Å². The summed E-state index contributed by atoms with van der Waals surface area (Å²) in [5.41, 5.74) is 4.82. The van der Waals surface area contributed by atoms with E-state index in [-0.39, 0.29) is 22.4 Å². The molecule has 0 fully saturated rings. The number of hydrogen-bond donors (Lipinski definition) is 2. The van der Waals surface area contributed by atoms with Gasteiger partial charge in [-0.2, -0.15) is 0 Å². The second-order valence-electron chi connectivity index (χ2n) is 3.72. The Morgan fingerprint density at radius 3 is 2.35 bits per heavy atom. The molecule has 17 heavy (non-hydrogen) atoms. The maximum absolute atomic E-state index is 11.7. The lowest BCUT2D eigenvalue weighted by molar-refractivity contribution is -0.124. The third kappa shape index (κ3) is 3.91. The van der Waals surface area contributed by atoms with Crippen molar-refractivity contribution in [2.45, 2.75) is 13.8 Å². The Kier molecular flexibility index (Phi) is 4.78. The van der Waals surface area contributed by atoms with Crippen molar-refractivity contribution in [3.8, 4) is 0 Å². The number of carbonyl (C=O) groups excluding carboxylic acids is 2. The van der Waals surface area contributed by atoms with Crippen molar-refractivity contribution < 1.29 is 9.59 Å². The molecular weight excluding hydrogens is 263 g/mol. The van der Waals surface area contributed by atoms with Gasteiger partial charge in [-0.15, -0.1) is 0 Å². The summed E-state index contributed by atoms with van der Waals surface area (Å²) < 4.78 is 0. The van der Waals surface area contributed by atoms with Crippen LogP contribution in [0.25, 0.3) is 0 Å². The van der Waals surface area contributed by atoms with Crippen LogP contribution in [0.4, 0.5) is 0 Å². The van der Waals surface area contributed by atoms with Gasteiger partial charge in [-0.05, 0) is 18.2 Å². The molecule has 0 aliphatic carbocycles. The van der Waals surface area contributed by atoms with E-state index in [0.717, 1.165) is 0 Å². The molecule has 92 valence electrons. The molecule has 0 saturated heterocycles. The molecule has 0 saturated carbocycles. The van der Waals surface area contributed by atoms with Crippen LogP contribution in [0.5, 0.6) is 0 Å². The zero-order valence-electron chi connectivity index (χ0n) is 9.38. The Morgan fingerprint density at radius 2 is 1.82 bits per heavy atom. The normalized spacial score (nSPS) is 10.2. The fraction of sp³-hybridized carbons (Fsp3) is 0.273. The molecule has 4 nitrogen and oxygen atoms in total. The van der Waals surface area contributed by atoms with Gasteiger partial charge in [0.1, 0.15) is 0 Å². The first-order valence-electron chi connectivity index (χ1n) is 4.97. The van der Waals surface area contributed by atoms with Crippen LogP contribution in [0, 0.1) is 5.92 Å². The number of hydrogen-bond acceptors (Lipinski definition) is 2. The number of amides is 2. The minimum Gasteiger partial charge on any atom is -0.273 e. The first-order chi connectivity index (χ1) is 7.91. The van der Waals surface area contributed by atoms with Crippen molar-refractivity contribution >= 4 is 35.0 Å². The Balaban J connectivity index is 2.68. The first kappa shape index (κ1) is 13.8. The zero-order valence-corrected chi connectivity index (χ0v) is 10.9. The van der Waals surface area contributed by atoms with Gasteiger partial charge in [-0.3, -0.25) is 20.4 Å². The first-order valence-corrected chi connectivity index (χ1v) is 5.72. The summed E-state index contributed by atoms with van der Waals surface area (Å²) in [4.78, 5) is 22.9. The van der Waals surface area contributed by atoms with Crippen LogP contribution in [0.15, 0.2) is 18.2 Å². The maximum Gasteiger partial charge on any atom is 0.271 e. The van der Waals surface area contributed by atoms with Crippen molar-refractivity contribution in [2.24, 2.45) is 5.92 Å². The topological polar surface area (TPSA) is 58.2 Å². The van der Waals surface area contributed by atoms with Crippen molar-refractivity contribution in [3.63, 3.8) is 0 Å². The summed E-state index contributed by atoms with van der Waals surface area (Å²) in [6.45, 7) is 3.44. The van der Waals surface area contributed by atoms with Crippen molar-refractivity contribution in [3.05, 3.63) is 33.8 Å². The highest BCUT2D eigenvalue weighted by molar-refractivity contribution is 6.36. The molecule has 0 atom stereocenters. The summed E-state index contributed by atoms with van der Waals surface area (Å²) >= 11 is 11.5. The van der Waals surface area contributed by atoms with Crippen LogP contribution >= 0.6 is 23.2 Å². The molecule has 0 aliphatic rings. The van der Waals surface area contributed by atoms with E-state index in [0.29, 0.717) is 5.02 Å². The van der Waals surface area contributed by atoms with Gasteiger partial charge in [-0.1, -0.05) is 37.0 Å². The van der Waals surface area contributed by atoms with Gasteiger partial charge < -0.3 is 0 Å². The molecule has 6 heteroatoms. The maximum atomic E-state index is 11.7. The van der Waals surface area contributed by atoms with Crippen molar-refractivity contribution in [2.75, 3.05) is 0 Å². The molecular formula is C11H12Cl2N2O2. The number of benzene rings is 1. The standard InChI is InChI=1S/C11H12Cl2N2O2/c1-6(2)10(16)14-15-11(17)8-4-3-7(12)5-9(8)13/h3-6H,1-2H3,(H,14,16)(H,15,17). The van der Waals surface area contributed by atoms with Gasteiger partial charge in [0.05, 0.1) is 10.6 Å². The molecule has 1 aromatic carbocycles. The van der Waals surface area contributed by atoms with Gasteiger partial charge in [0.15, 0.2) is 0 Å². The third-order valence-electron chi connectivity index (χ3n) is 2.00. The van der Waals surface area contributed by atoms with Gasteiger partial charge in [0.25, 0.3) is 5.91 Å². The number of halogens is 2. The van der Waals surface area contributed by atoms with Crippen LogP contribution < -0.4 is 10.9 Å². The largest absolute Gasteiger partial charge is 0.273 e. The lowest BCUT2D eigenvalue weighted by Crippen LogP contribution is -2.43. The molecule has 0 spiro atoms. The fourth-order valence-electron chi connectivity index (χ4n) is 1.00. The van der Waals surface area contributed by atoms with Crippen LogP contribution in [-0.4, -0.2) is 11.8 Å². The average molecular weight is 275 g/mol. The second kappa shape index (κ2) is 5.89. The summed E-state index contributed by atoms with van der Waals surface area (Å²) in [5.74, 6) is -0.972. The summed E-state index contributed by atoms with van der Waals surface area (Å²) in [6, 6.07) is 4.50. The van der Waals surface area contributed by atoms with E-state index in [1.54, 1.807) is 19.9 Å². The molecule has 0 aromatic heterocycles. The van der Waals surface area contributed by atoms with Crippen LogP contribution in [0.3, 0.4) is 0 Å². The highest BCUT2D eigenvalue weighted by Crippen LogP contribution is 2.20. The molecule has 0 radical (unpaired) electrons. The fourth-order valence-corrected chi connectivity index (χ4v) is 1.50. The molecule has 0 aliphatic heterocycles. The quantitative estimate of drug-likeness (QED) is 0.814. The molecule has 2 N–H and O–H groups in total. The number of nitrogens with one attached hydrogen (secondary N) is 2. The number of hydrazine groups is 1.